The summed E-state index contributed by atoms with van der Waals surface area (Å²) in [5, 5.41) is 0. The Balaban J connectivity index is 2.50. The van der Waals surface area contributed by atoms with E-state index in [9.17, 15) is 4.79 Å². The summed E-state index contributed by atoms with van der Waals surface area (Å²) < 4.78 is 10.6. The van der Waals surface area contributed by atoms with E-state index in [1.54, 1.807) is 13.8 Å². The van der Waals surface area contributed by atoms with Crippen molar-refractivity contribution >= 4 is 12.0 Å². The lowest BCUT2D eigenvalue weighted by Crippen LogP contribution is -2.15. The highest BCUT2D eigenvalue weighted by molar-refractivity contribution is 5.92. The minimum absolute atomic E-state index is 0.276. The normalized spacial score (nSPS) is 11.6. The van der Waals surface area contributed by atoms with Gasteiger partial charge < -0.3 is 14.4 Å². The Morgan fingerprint density at radius 3 is 2.48 bits per heavy atom. The SMILES string of the molecule is CCOC(=O)/C(C)=C/c1ccc(OCCCN(C)C)cc1. The number of hydrogen-bond donors (Lipinski definition) is 0. The van der Waals surface area contributed by atoms with Gasteiger partial charge in [0.2, 0.25) is 0 Å². The van der Waals surface area contributed by atoms with E-state index in [1.165, 1.54) is 0 Å². The van der Waals surface area contributed by atoms with Crippen LogP contribution in [0.4, 0.5) is 0 Å². The Kier molecular flexibility index (Phi) is 7.54. The minimum Gasteiger partial charge on any atom is -0.494 e. The molecule has 0 saturated carbocycles. The van der Waals surface area contributed by atoms with Gasteiger partial charge in [-0.1, -0.05) is 12.1 Å². The molecule has 0 fully saturated rings. The van der Waals surface area contributed by atoms with Crippen LogP contribution in [0.2, 0.25) is 0 Å². The first-order chi connectivity index (χ1) is 10.0. The zero-order chi connectivity index (χ0) is 15.7. The average molecular weight is 291 g/mol. The first-order valence-corrected chi connectivity index (χ1v) is 7.26. The van der Waals surface area contributed by atoms with Crippen LogP contribution in [0.15, 0.2) is 29.8 Å². The highest BCUT2D eigenvalue weighted by atomic mass is 16.5. The number of nitrogens with zero attached hydrogens (tertiary/aromatic N) is 1. The summed E-state index contributed by atoms with van der Waals surface area (Å²) in [7, 11) is 4.10. The van der Waals surface area contributed by atoms with Crippen molar-refractivity contribution in [2.24, 2.45) is 0 Å². The largest absolute Gasteiger partial charge is 0.494 e. The van der Waals surface area contributed by atoms with E-state index in [4.69, 9.17) is 9.47 Å². The number of carbonyl (C=O) groups excluding carboxylic acids is 1. The van der Waals surface area contributed by atoms with E-state index < -0.39 is 0 Å². The molecule has 0 atom stereocenters. The monoisotopic (exact) mass is 291 g/mol. The van der Waals surface area contributed by atoms with Gasteiger partial charge in [0.15, 0.2) is 0 Å². The van der Waals surface area contributed by atoms with E-state index in [2.05, 4.69) is 4.90 Å². The van der Waals surface area contributed by atoms with Crippen LogP contribution in [0.3, 0.4) is 0 Å². The molecular formula is C17H25NO3. The zero-order valence-corrected chi connectivity index (χ0v) is 13.4. The van der Waals surface area contributed by atoms with Crippen molar-refractivity contribution in [2.45, 2.75) is 20.3 Å². The summed E-state index contributed by atoms with van der Waals surface area (Å²) >= 11 is 0. The summed E-state index contributed by atoms with van der Waals surface area (Å²) in [5.41, 5.74) is 1.55. The maximum absolute atomic E-state index is 11.5. The summed E-state index contributed by atoms with van der Waals surface area (Å²) in [6.07, 6.45) is 2.81. The van der Waals surface area contributed by atoms with Crippen LogP contribution < -0.4 is 4.74 Å². The zero-order valence-electron chi connectivity index (χ0n) is 13.4. The van der Waals surface area contributed by atoms with Crippen LogP contribution in [-0.2, 0) is 9.53 Å². The van der Waals surface area contributed by atoms with Crippen molar-refractivity contribution in [3.8, 4) is 5.75 Å². The van der Waals surface area contributed by atoms with E-state index in [0.29, 0.717) is 18.8 Å². The molecule has 0 bridgehead atoms. The predicted molar refractivity (Wildman–Crippen MR) is 85.4 cm³/mol. The van der Waals surface area contributed by atoms with E-state index in [1.807, 2.05) is 44.4 Å². The van der Waals surface area contributed by atoms with Crippen LogP contribution in [-0.4, -0.2) is 44.7 Å². The fourth-order valence-corrected chi connectivity index (χ4v) is 1.78. The Morgan fingerprint density at radius 1 is 1.24 bits per heavy atom. The standard InChI is InChI=1S/C17H25NO3/c1-5-20-17(19)14(2)13-15-7-9-16(10-8-15)21-12-6-11-18(3)4/h7-10,13H,5-6,11-12H2,1-4H3/b14-13+. The molecule has 0 amide bonds. The van der Waals surface area contributed by atoms with E-state index >= 15 is 0 Å². The van der Waals surface area contributed by atoms with Crippen LogP contribution in [0, 0.1) is 0 Å². The molecule has 0 N–H and O–H groups in total. The van der Waals surface area contributed by atoms with Gasteiger partial charge in [-0.25, -0.2) is 4.79 Å². The van der Waals surface area contributed by atoms with Gasteiger partial charge in [-0.05, 0) is 58.1 Å². The van der Waals surface area contributed by atoms with Gasteiger partial charge in [-0.3, -0.25) is 0 Å². The molecule has 0 aliphatic carbocycles. The van der Waals surface area contributed by atoms with Crippen LogP contribution in [0.25, 0.3) is 6.08 Å². The highest BCUT2D eigenvalue weighted by Gasteiger charge is 2.04. The maximum Gasteiger partial charge on any atom is 0.333 e. The molecule has 1 aromatic carbocycles. The second-order valence-electron chi connectivity index (χ2n) is 5.12. The van der Waals surface area contributed by atoms with Crippen LogP contribution >= 0.6 is 0 Å². The molecule has 0 aliphatic heterocycles. The third-order valence-electron chi connectivity index (χ3n) is 2.88. The van der Waals surface area contributed by atoms with Crippen molar-refractivity contribution in [3.63, 3.8) is 0 Å². The van der Waals surface area contributed by atoms with Gasteiger partial charge in [0.05, 0.1) is 13.2 Å². The van der Waals surface area contributed by atoms with Gasteiger partial charge in [-0.2, -0.15) is 0 Å². The predicted octanol–water partition coefficient (Wildman–Crippen LogP) is 2.98. The number of carbonyl (C=O) groups is 1. The van der Waals surface area contributed by atoms with Crippen molar-refractivity contribution in [1.82, 2.24) is 4.90 Å². The number of rotatable bonds is 8. The molecule has 0 aliphatic rings. The number of benzene rings is 1. The summed E-state index contributed by atoms with van der Waals surface area (Å²) in [6, 6.07) is 7.70. The molecular weight excluding hydrogens is 266 g/mol. The lowest BCUT2D eigenvalue weighted by Gasteiger charge is -2.10. The van der Waals surface area contributed by atoms with Crippen LogP contribution in [0.1, 0.15) is 25.8 Å². The van der Waals surface area contributed by atoms with Gasteiger partial charge in [0.25, 0.3) is 0 Å². The third-order valence-corrected chi connectivity index (χ3v) is 2.88. The van der Waals surface area contributed by atoms with E-state index in [-0.39, 0.29) is 5.97 Å². The Bertz CT molecular complexity index is 463. The Labute approximate surface area is 127 Å². The summed E-state index contributed by atoms with van der Waals surface area (Å²) in [5.74, 6) is 0.571. The topological polar surface area (TPSA) is 38.8 Å². The van der Waals surface area contributed by atoms with Gasteiger partial charge in [-0.15, -0.1) is 0 Å². The van der Waals surface area contributed by atoms with Gasteiger partial charge in [0.1, 0.15) is 5.75 Å². The quantitative estimate of drug-likeness (QED) is 0.419. The van der Waals surface area contributed by atoms with Gasteiger partial charge in [0, 0.05) is 12.1 Å². The molecule has 0 unspecified atom stereocenters. The summed E-state index contributed by atoms with van der Waals surface area (Å²) in [4.78, 5) is 13.7. The van der Waals surface area contributed by atoms with Gasteiger partial charge >= 0.3 is 5.97 Å². The fourth-order valence-electron chi connectivity index (χ4n) is 1.78. The Hall–Kier alpha value is -1.81. The molecule has 1 aromatic rings. The Morgan fingerprint density at radius 2 is 1.90 bits per heavy atom. The molecule has 0 heterocycles. The van der Waals surface area contributed by atoms with Crippen molar-refractivity contribution < 1.29 is 14.3 Å². The van der Waals surface area contributed by atoms with Crippen molar-refractivity contribution in [1.29, 1.82) is 0 Å². The molecule has 116 valence electrons. The first-order valence-electron chi connectivity index (χ1n) is 7.26. The molecule has 0 radical (unpaired) electrons. The second kappa shape index (κ2) is 9.19. The third kappa shape index (κ3) is 6.95. The van der Waals surface area contributed by atoms with Crippen LogP contribution in [0.5, 0.6) is 5.75 Å². The molecule has 4 nitrogen and oxygen atoms in total. The fraction of sp³-hybridized carbons (Fsp3) is 0.471. The number of hydrogen-bond acceptors (Lipinski definition) is 4. The van der Waals surface area contributed by atoms with E-state index in [0.717, 1.165) is 24.3 Å². The molecule has 0 aromatic heterocycles. The average Bonchev–Trinajstić information content (AvgIpc) is 2.45. The maximum atomic E-state index is 11.5. The lowest BCUT2D eigenvalue weighted by atomic mass is 10.1. The number of ether oxygens (including phenoxy) is 2. The summed E-state index contributed by atoms with van der Waals surface area (Å²) in [6.45, 7) is 5.66. The smallest absolute Gasteiger partial charge is 0.333 e. The first kappa shape index (κ1) is 17.2. The van der Waals surface area contributed by atoms with Crippen molar-refractivity contribution in [3.05, 3.63) is 35.4 Å². The number of esters is 1. The van der Waals surface area contributed by atoms with Crippen molar-refractivity contribution in [2.75, 3.05) is 33.9 Å². The second-order valence-corrected chi connectivity index (χ2v) is 5.12. The molecule has 0 spiro atoms. The molecule has 21 heavy (non-hydrogen) atoms. The molecule has 4 heteroatoms. The molecule has 0 saturated heterocycles. The minimum atomic E-state index is -0.276. The highest BCUT2D eigenvalue weighted by Crippen LogP contribution is 2.15. The molecule has 1 rings (SSSR count). The lowest BCUT2D eigenvalue weighted by molar-refractivity contribution is -0.138.